The van der Waals surface area contributed by atoms with Gasteiger partial charge in [0, 0.05) is 19.2 Å². The van der Waals surface area contributed by atoms with Crippen LogP contribution in [0.5, 0.6) is 0 Å². The first-order valence-corrected chi connectivity index (χ1v) is 5.99. The van der Waals surface area contributed by atoms with E-state index in [1.807, 2.05) is 13.8 Å². The van der Waals surface area contributed by atoms with Crippen LogP contribution in [0.15, 0.2) is 12.1 Å². The first kappa shape index (κ1) is 14.5. The summed E-state index contributed by atoms with van der Waals surface area (Å²) in [6, 6.07) is 1.22. The molecule has 0 radical (unpaired) electrons. The molecule has 1 aromatic rings. The van der Waals surface area contributed by atoms with E-state index in [0.29, 0.717) is 19.2 Å². The van der Waals surface area contributed by atoms with Crippen LogP contribution in [-0.4, -0.2) is 23.8 Å². The summed E-state index contributed by atoms with van der Waals surface area (Å²) in [7, 11) is 0. The molecule has 0 spiro atoms. The van der Waals surface area contributed by atoms with Gasteiger partial charge in [0.15, 0.2) is 11.6 Å². The highest BCUT2D eigenvalue weighted by atomic mass is 19.2. The Balaban J connectivity index is 3.04. The van der Waals surface area contributed by atoms with Crippen molar-refractivity contribution in [2.45, 2.75) is 26.7 Å². The maximum atomic E-state index is 13.5. The molecule has 0 aliphatic rings. The van der Waals surface area contributed by atoms with Gasteiger partial charge < -0.3 is 4.90 Å². The molecule has 0 saturated heterocycles. The molecular weight excluding hydrogens is 241 g/mol. The highest BCUT2D eigenvalue weighted by molar-refractivity contribution is 5.96. The third-order valence-corrected chi connectivity index (χ3v) is 2.57. The number of halogens is 3. The van der Waals surface area contributed by atoms with E-state index in [1.165, 1.54) is 0 Å². The highest BCUT2D eigenvalue weighted by Gasteiger charge is 2.17. The van der Waals surface area contributed by atoms with Gasteiger partial charge in [-0.25, -0.2) is 13.2 Å². The quantitative estimate of drug-likeness (QED) is 0.488. The predicted molar refractivity (Wildman–Crippen MR) is 65.3 cm³/mol. The van der Waals surface area contributed by atoms with E-state index in [4.69, 9.17) is 5.41 Å². The molecule has 0 bridgehead atoms. The van der Waals surface area contributed by atoms with Crippen LogP contribution >= 0.6 is 0 Å². The van der Waals surface area contributed by atoms with Crippen molar-refractivity contribution in [1.82, 2.24) is 4.90 Å². The standard InChI is InChI=1S/C13H17F3N2/c1-3-5-18(6-4-2)13(17)9-7-11(15)12(16)8-10(9)14/h7-8,17H,3-6H2,1-2H3. The average molecular weight is 258 g/mol. The Morgan fingerprint density at radius 1 is 1.00 bits per heavy atom. The fourth-order valence-electron chi connectivity index (χ4n) is 1.75. The summed E-state index contributed by atoms with van der Waals surface area (Å²) in [4.78, 5) is 1.66. The van der Waals surface area contributed by atoms with Gasteiger partial charge in [-0.1, -0.05) is 13.8 Å². The van der Waals surface area contributed by atoms with Gasteiger partial charge in [0.1, 0.15) is 11.7 Å². The Bertz CT molecular complexity index is 426. The average Bonchev–Trinajstić information content (AvgIpc) is 2.33. The van der Waals surface area contributed by atoms with Gasteiger partial charge >= 0.3 is 0 Å². The smallest absolute Gasteiger partial charge is 0.161 e. The van der Waals surface area contributed by atoms with E-state index in [9.17, 15) is 13.2 Å². The maximum Gasteiger partial charge on any atom is 0.161 e. The summed E-state index contributed by atoms with van der Waals surface area (Å²) in [5, 5.41) is 7.90. The van der Waals surface area contributed by atoms with E-state index in [1.54, 1.807) is 4.90 Å². The van der Waals surface area contributed by atoms with Crippen molar-refractivity contribution < 1.29 is 13.2 Å². The molecule has 1 aromatic carbocycles. The zero-order valence-corrected chi connectivity index (χ0v) is 10.6. The largest absolute Gasteiger partial charge is 0.357 e. The van der Waals surface area contributed by atoms with Crippen molar-refractivity contribution in [1.29, 1.82) is 5.41 Å². The normalized spacial score (nSPS) is 10.5. The predicted octanol–water partition coefficient (Wildman–Crippen LogP) is 3.55. The monoisotopic (exact) mass is 258 g/mol. The molecule has 0 unspecified atom stereocenters. The van der Waals surface area contributed by atoms with Crippen molar-refractivity contribution >= 4 is 5.84 Å². The van der Waals surface area contributed by atoms with Gasteiger partial charge in [0.05, 0.1) is 5.56 Å². The van der Waals surface area contributed by atoms with E-state index in [2.05, 4.69) is 0 Å². The Labute approximate surface area is 105 Å². The molecule has 0 aliphatic carbocycles. The molecule has 100 valence electrons. The third kappa shape index (κ3) is 3.24. The molecule has 0 fully saturated rings. The zero-order valence-electron chi connectivity index (χ0n) is 10.6. The first-order valence-electron chi connectivity index (χ1n) is 5.99. The van der Waals surface area contributed by atoms with E-state index < -0.39 is 17.5 Å². The van der Waals surface area contributed by atoms with Crippen molar-refractivity contribution in [2.75, 3.05) is 13.1 Å². The lowest BCUT2D eigenvalue weighted by atomic mass is 10.1. The van der Waals surface area contributed by atoms with Gasteiger partial charge in [0.25, 0.3) is 0 Å². The van der Waals surface area contributed by atoms with Crippen LogP contribution < -0.4 is 0 Å². The van der Waals surface area contributed by atoms with Crippen LogP contribution in [0.3, 0.4) is 0 Å². The summed E-state index contributed by atoms with van der Waals surface area (Å²) in [5.41, 5.74) is -0.198. The van der Waals surface area contributed by atoms with Gasteiger partial charge in [-0.15, -0.1) is 0 Å². The lowest BCUT2D eigenvalue weighted by molar-refractivity contribution is 0.412. The van der Waals surface area contributed by atoms with E-state index >= 15 is 0 Å². The zero-order chi connectivity index (χ0) is 13.7. The molecule has 5 heteroatoms. The Morgan fingerprint density at radius 3 is 2.00 bits per heavy atom. The molecule has 1 rings (SSSR count). The lowest BCUT2D eigenvalue weighted by Gasteiger charge is -2.24. The number of nitrogens with zero attached hydrogens (tertiary/aromatic N) is 1. The van der Waals surface area contributed by atoms with Gasteiger partial charge in [-0.05, 0) is 18.9 Å². The number of nitrogens with one attached hydrogen (secondary N) is 1. The number of benzene rings is 1. The van der Waals surface area contributed by atoms with Gasteiger partial charge in [-0.3, -0.25) is 5.41 Å². The Kier molecular flexibility index (Phi) is 5.19. The van der Waals surface area contributed by atoms with Crippen LogP contribution in [0.25, 0.3) is 0 Å². The molecule has 0 amide bonds. The number of amidine groups is 1. The second-order valence-corrected chi connectivity index (χ2v) is 4.08. The van der Waals surface area contributed by atoms with E-state index in [-0.39, 0.29) is 11.4 Å². The second-order valence-electron chi connectivity index (χ2n) is 4.08. The minimum absolute atomic E-state index is 0.102. The number of rotatable bonds is 5. The van der Waals surface area contributed by atoms with Crippen molar-refractivity contribution in [2.24, 2.45) is 0 Å². The number of hydrogen-bond acceptors (Lipinski definition) is 1. The summed E-state index contributed by atoms with van der Waals surface area (Å²) < 4.78 is 39.5. The van der Waals surface area contributed by atoms with Crippen LogP contribution in [0.4, 0.5) is 13.2 Å². The molecule has 0 aromatic heterocycles. The van der Waals surface area contributed by atoms with Crippen LogP contribution in [0.2, 0.25) is 0 Å². The molecule has 0 aliphatic heterocycles. The highest BCUT2D eigenvalue weighted by Crippen LogP contribution is 2.16. The fourth-order valence-corrected chi connectivity index (χ4v) is 1.75. The summed E-state index contributed by atoms with van der Waals surface area (Å²) in [5.74, 6) is -3.38. The lowest BCUT2D eigenvalue weighted by Crippen LogP contribution is -2.33. The molecule has 0 heterocycles. The summed E-state index contributed by atoms with van der Waals surface area (Å²) >= 11 is 0. The van der Waals surface area contributed by atoms with E-state index in [0.717, 1.165) is 18.9 Å². The van der Waals surface area contributed by atoms with Crippen molar-refractivity contribution in [3.05, 3.63) is 35.1 Å². The minimum Gasteiger partial charge on any atom is -0.357 e. The minimum atomic E-state index is -1.23. The molecule has 2 nitrogen and oxygen atoms in total. The van der Waals surface area contributed by atoms with Crippen molar-refractivity contribution in [3.63, 3.8) is 0 Å². The fraction of sp³-hybridized carbons (Fsp3) is 0.462. The SMILES string of the molecule is CCCN(CCC)C(=N)c1cc(F)c(F)cc1F. The topological polar surface area (TPSA) is 27.1 Å². The van der Waals surface area contributed by atoms with Crippen molar-refractivity contribution in [3.8, 4) is 0 Å². The maximum absolute atomic E-state index is 13.5. The summed E-state index contributed by atoms with van der Waals surface area (Å²) in [6.07, 6.45) is 1.60. The second kappa shape index (κ2) is 6.42. The number of hydrogen-bond donors (Lipinski definition) is 1. The van der Waals surface area contributed by atoms with Crippen LogP contribution in [0, 0.1) is 22.9 Å². The molecule has 0 saturated carbocycles. The molecule has 18 heavy (non-hydrogen) atoms. The molecular formula is C13H17F3N2. The van der Waals surface area contributed by atoms with Gasteiger partial charge in [0.2, 0.25) is 0 Å². The van der Waals surface area contributed by atoms with Crippen LogP contribution in [0.1, 0.15) is 32.3 Å². The third-order valence-electron chi connectivity index (χ3n) is 2.57. The first-order chi connectivity index (χ1) is 8.51. The summed E-state index contributed by atoms with van der Waals surface area (Å²) in [6.45, 7) is 5.06. The Morgan fingerprint density at radius 2 is 1.50 bits per heavy atom. The molecule has 0 atom stereocenters. The Hall–Kier alpha value is -1.52. The van der Waals surface area contributed by atoms with Gasteiger partial charge in [-0.2, -0.15) is 0 Å². The molecule has 1 N–H and O–H groups in total. The van der Waals surface area contributed by atoms with Crippen LogP contribution in [-0.2, 0) is 0 Å².